The van der Waals surface area contributed by atoms with E-state index in [2.05, 4.69) is 15.9 Å². The van der Waals surface area contributed by atoms with E-state index in [-0.39, 0.29) is 6.61 Å². The van der Waals surface area contributed by atoms with E-state index in [9.17, 15) is 9.90 Å². The predicted molar refractivity (Wildman–Crippen MR) is 58.9 cm³/mol. The van der Waals surface area contributed by atoms with Crippen LogP contribution in [0.1, 0.15) is 12.0 Å². The number of ether oxygens (including phenoxy) is 1. The Morgan fingerprint density at radius 2 is 2.33 bits per heavy atom. The van der Waals surface area contributed by atoms with Gasteiger partial charge in [0.2, 0.25) is 0 Å². The van der Waals surface area contributed by atoms with Crippen LogP contribution in [0.2, 0.25) is 0 Å². The maximum Gasteiger partial charge on any atom is 0.316 e. The number of benzene rings is 1. The van der Waals surface area contributed by atoms with Crippen molar-refractivity contribution in [2.75, 3.05) is 13.2 Å². The van der Waals surface area contributed by atoms with Crippen LogP contribution < -0.4 is 0 Å². The summed E-state index contributed by atoms with van der Waals surface area (Å²) in [5, 5.41) is 9.31. The first kappa shape index (κ1) is 10.6. The van der Waals surface area contributed by atoms with Gasteiger partial charge in [0, 0.05) is 11.1 Å². The molecular weight excluding hydrogens is 260 g/mol. The molecule has 1 aromatic carbocycles. The Kier molecular flexibility index (Phi) is 2.80. The maximum absolute atomic E-state index is 11.3. The van der Waals surface area contributed by atoms with Crippen molar-refractivity contribution in [3.8, 4) is 0 Å². The third kappa shape index (κ3) is 1.79. The Labute approximate surface area is 96.2 Å². The first-order chi connectivity index (χ1) is 7.15. The van der Waals surface area contributed by atoms with Gasteiger partial charge in [-0.25, -0.2) is 0 Å². The van der Waals surface area contributed by atoms with Gasteiger partial charge < -0.3 is 9.84 Å². The lowest BCUT2D eigenvalue weighted by Gasteiger charge is -2.22. The minimum atomic E-state index is -0.857. The van der Waals surface area contributed by atoms with E-state index in [1.165, 1.54) is 0 Å². The quantitative estimate of drug-likeness (QED) is 0.896. The van der Waals surface area contributed by atoms with Crippen LogP contribution in [-0.2, 0) is 14.9 Å². The molecule has 0 aliphatic carbocycles. The van der Waals surface area contributed by atoms with Gasteiger partial charge in [-0.05, 0) is 24.1 Å². The molecule has 0 bridgehead atoms. The molecule has 2 rings (SSSR count). The number of halogens is 1. The van der Waals surface area contributed by atoms with Crippen LogP contribution in [0, 0.1) is 0 Å². The molecule has 1 aliphatic rings. The fraction of sp³-hybridized carbons (Fsp3) is 0.364. The molecule has 3 nitrogen and oxygen atoms in total. The van der Waals surface area contributed by atoms with Crippen LogP contribution in [0.4, 0.5) is 0 Å². The summed E-state index contributed by atoms with van der Waals surface area (Å²) in [7, 11) is 0. The van der Waals surface area contributed by atoms with Gasteiger partial charge in [0.25, 0.3) is 0 Å². The second-order valence-electron chi connectivity index (χ2n) is 3.70. The van der Waals surface area contributed by atoms with Gasteiger partial charge in [0.15, 0.2) is 0 Å². The van der Waals surface area contributed by atoms with Crippen molar-refractivity contribution in [3.63, 3.8) is 0 Å². The fourth-order valence-electron chi connectivity index (χ4n) is 1.87. The first-order valence-corrected chi connectivity index (χ1v) is 5.52. The molecule has 15 heavy (non-hydrogen) atoms. The number of carbonyl (C=O) groups is 1. The third-order valence-electron chi connectivity index (χ3n) is 2.81. The van der Waals surface area contributed by atoms with E-state index in [0.717, 1.165) is 10.0 Å². The summed E-state index contributed by atoms with van der Waals surface area (Å²) in [6.45, 7) is 0.775. The van der Waals surface area contributed by atoms with Crippen LogP contribution in [0.25, 0.3) is 0 Å². The second kappa shape index (κ2) is 3.94. The van der Waals surface area contributed by atoms with Crippen LogP contribution in [0.5, 0.6) is 0 Å². The molecule has 4 heteroatoms. The summed E-state index contributed by atoms with van der Waals surface area (Å²) in [5.41, 5.74) is -0.0501. The largest absolute Gasteiger partial charge is 0.481 e. The number of carboxylic acids is 1. The highest BCUT2D eigenvalue weighted by Gasteiger charge is 2.44. The van der Waals surface area contributed by atoms with E-state index in [0.29, 0.717) is 13.0 Å². The molecule has 1 aromatic rings. The lowest BCUT2D eigenvalue weighted by atomic mass is 9.80. The highest BCUT2D eigenvalue weighted by Crippen LogP contribution is 2.34. The minimum absolute atomic E-state index is 0.263. The zero-order valence-electron chi connectivity index (χ0n) is 8.07. The van der Waals surface area contributed by atoms with Crippen molar-refractivity contribution in [1.82, 2.24) is 0 Å². The van der Waals surface area contributed by atoms with Crippen LogP contribution >= 0.6 is 15.9 Å². The molecule has 0 amide bonds. The molecule has 0 saturated carbocycles. The van der Waals surface area contributed by atoms with Crippen LogP contribution in [0.15, 0.2) is 28.7 Å². The predicted octanol–water partition coefficient (Wildman–Crippen LogP) is 2.19. The van der Waals surface area contributed by atoms with E-state index in [1.54, 1.807) is 0 Å². The van der Waals surface area contributed by atoms with Crippen molar-refractivity contribution in [3.05, 3.63) is 34.3 Å². The lowest BCUT2D eigenvalue weighted by molar-refractivity contribution is -0.143. The van der Waals surface area contributed by atoms with E-state index in [1.807, 2.05) is 24.3 Å². The summed E-state index contributed by atoms with van der Waals surface area (Å²) < 4.78 is 6.12. The van der Waals surface area contributed by atoms with Gasteiger partial charge in [-0.2, -0.15) is 0 Å². The van der Waals surface area contributed by atoms with Crippen molar-refractivity contribution >= 4 is 21.9 Å². The molecule has 1 aliphatic heterocycles. The molecule has 0 spiro atoms. The number of rotatable bonds is 2. The number of hydrogen-bond acceptors (Lipinski definition) is 2. The second-order valence-corrected chi connectivity index (χ2v) is 4.62. The molecule has 1 saturated heterocycles. The molecule has 0 aromatic heterocycles. The van der Waals surface area contributed by atoms with Crippen molar-refractivity contribution in [2.45, 2.75) is 11.8 Å². The Bertz CT molecular complexity index is 383. The smallest absolute Gasteiger partial charge is 0.316 e. The Morgan fingerprint density at radius 3 is 2.87 bits per heavy atom. The third-order valence-corrected chi connectivity index (χ3v) is 3.30. The molecule has 80 valence electrons. The van der Waals surface area contributed by atoms with E-state index < -0.39 is 11.4 Å². The summed E-state index contributed by atoms with van der Waals surface area (Å²) in [6.07, 6.45) is 0.540. The first-order valence-electron chi connectivity index (χ1n) is 4.72. The fourth-order valence-corrected chi connectivity index (χ4v) is 2.27. The van der Waals surface area contributed by atoms with Crippen LogP contribution in [0.3, 0.4) is 0 Å². The monoisotopic (exact) mass is 270 g/mol. The van der Waals surface area contributed by atoms with Crippen molar-refractivity contribution < 1.29 is 14.6 Å². The average molecular weight is 271 g/mol. The van der Waals surface area contributed by atoms with Gasteiger partial charge in [0.1, 0.15) is 5.41 Å². The molecule has 1 N–H and O–H groups in total. The highest BCUT2D eigenvalue weighted by molar-refractivity contribution is 9.10. The number of aliphatic carboxylic acids is 1. The van der Waals surface area contributed by atoms with Crippen molar-refractivity contribution in [1.29, 1.82) is 0 Å². The van der Waals surface area contributed by atoms with Gasteiger partial charge >= 0.3 is 5.97 Å². The molecular formula is C11H11BrO3. The molecule has 1 fully saturated rings. The Balaban J connectivity index is 2.45. The van der Waals surface area contributed by atoms with Gasteiger partial charge in [0.05, 0.1) is 6.61 Å². The summed E-state index contributed by atoms with van der Waals surface area (Å²) in [6, 6.07) is 7.42. The van der Waals surface area contributed by atoms with Gasteiger partial charge in [-0.15, -0.1) is 0 Å². The minimum Gasteiger partial charge on any atom is -0.481 e. The molecule has 0 radical (unpaired) electrons. The summed E-state index contributed by atoms with van der Waals surface area (Å²) >= 11 is 3.35. The van der Waals surface area contributed by atoms with Crippen molar-refractivity contribution in [2.24, 2.45) is 0 Å². The normalized spacial score (nSPS) is 25.4. The molecule has 1 unspecified atom stereocenters. The number of carboxylic acid groups (broad SMARTS) is 1. The molecule has 1 atom stereocenters. The van der Waals surface area contributed by atoms with Crippen LogP contribution in [-0.4, -0.2) is 24.3 Å². The zero-order valence-corrected chi connectivity index (χ0v) is 9.66. The van der Waals surface area contributed by atoms with Gasteiger partial charge in [-0.1, -0.05) is 28.1 Å². The molecule has 1 heterocycles. The summed E-state index contributed by atoms with van der Waals surface area (Å²) in [4.78, 5) is 11.3. The SMILES string of the molecule is O=C(O)C1(c2cccc(Br)c2)CCOC1. The lowest BCUT2D eigenvalue weighted by Crippen LogP contribution is -2.36. The summed E-state index contributed by atoms with van der Waals surface area (Å²) in [5.74, 6) is -0.807. The maximum atomic E-state index is 11.3. The topological polar surface area (TPSA) is 46.5 Å². The average Bonchev–Trinajstić information content (AvgIpc) is 2.67. The van der Waals surface area contributed by atoms with E-state index in [4.69, 9.17) is 4.74 Å². The Hall–Kier alpha value is -0.870. The number of hydrogen-bond donors (Lipinski definition) is 1. The highest BCUT2D eigenvalue weighted by atomic mass is 79.9. The van der Waals surface area contributed by atoms with E-state index >= 15 is 0 Å². The Morgan fingerprint density at radius 1 is 1.53 bits per heavy atom. The zero-order chi connectivity index (χ0) is 10.9. The standard InChI is InChI=1S/C11H11BrO3/c12-9-3-1-2-8(6-9)11(10(13)14)4-5-15-7-11/h1-3,6H,4-5,7H2,(H,13,14). The van der Waals surface area contributed by atoms with Gasteiger partial charge in [-0.3, -0.25) is 4.79 Å².